The number of fused-ring (bicyclic) bond motifs is 1. The zero-order valence-electron chi connectivity index (χ0n) is 11.3. The summed E-state index contributed by atoms with van der Waals surface area (Å²) in [4.78, 5) is 3.42. The first-order valence-electron chi connectivity index (χ1n) is 7.25. The van der Waals surface area contributed by atoms with Gasteiger partial charge in [-0.3, -0.25) is 0 Å². The average molecular weight is 262 g/mol. The maximum atomic E-state index is 3.42. The Morgan fingerprint density at radius 3 is 2.40 bits per heavy atom. The highest BCUT2D eigenvalue weighted by Gasteiger charge is 2.30. The molecule has 1 aliphatic rings. The van der Waals surface area contributed by atoms with Crippen LogP contribution in [-0.2, 0) is 0 Å². The number of hydrogen-bond donors (Lipinski definition) is 2. The topological polar surface area (TPSA) is 27.8 Å². The number of rotatable bonds is 3. The molecule has 0 aliphatic carbocycles. The minimum Gasteiger partial charge on any atom is -0.361 e. The van der Waals surface area contributed by atoms with Gasteiger partial charge >= 0.3 is 0 Å². The predicted molar refractivity (Wildman–Crippen MR) is 82.9 cm³/mol. The molecule has 2 N–H and O–H groups in total. The summed E-state index contributed by atoms with van der Waals surface area (Å²) in [7, 11) is 0. The lowest BCUT2D eigenvalue weighted by Gasteiger charge is -2.35. The zero-order valence-corrected chi connectivity index (χ0v) is 11.3. The van der Waals surface area contributed by atoms with Gasteiger partial charge in [0.1, 0.15) is 0 Å². The Kier molecular flexibility index (Phi) is 2.82. The van der Waals surface area contributed by atoms with Crippen molar-refractivity contribution in [3.05, 3.63) is 71.9 Å². The van der Waals surface area contributed by atoms with Crippen molar-refractivity contribution in [2.24, 2.45) is 5.92 Å². The molecular formula is C18H18N2. The van der Waals surface area contributed by atoms with E-state index >= 15 is 0 Å². The molecule has 20 heavy (non-hydrogen) atoms. The summed E-state index contributed by atoms with van der Waals surface area (Å²) >= 11 is 0. The van der Waals surface area contributed by atoms with E-state index in [0.717, 1.165) is 13.1 Å². The van der Waals surface area contributed by atoms with Gasteiger partial charge in [0.2, 0.25) is 0 Å². The number of aromatic nitrogens is 1. The SMILES string of the molecule is c1ccc(C(c2c[nH]c3ccccc23)C2CNC2)cc1. The molecule has 3 aromatic rings. The predicted octanol–water partition coefficient (Wildman–Crippen LogP) is 3.52. The summed E-state index contributed by atoms with van der Waals surface area (Å²) in [6.45, 7) is 2.22. The minimum atomic E-state index is 0.480. The molecule has 2 nitrogen and oxygen atoms in total. The molecule has 100 valence electrons. The smallest absolute Gasteiger partial charge is 0.0457 e. The monoisotopic (exact) mass is 262 g/mol. The molecule has 0 amide bonds. The zero-order chi connectivity index (χ0) is 13.4. The van der Waals surface area contributed by atoms with Gasteiger partial charge in [-0.25, -0.2) is 0 Å². The van der Waals surface area contributed by atoms with Crippen molar-refractivity contribution in [2.45, 2.75) is 5.92 Å². The highest BCUT2D eigenvalue weighted by Crippen LogP contribution is 2.37. The second kappa shape index (κ2) is 4.80. The molecule has 1 unspecified atom stereocenters. The Morgan fingerprint density at radius 1 is 0.900 bits per heavy atom. The molecular weight excluding hydrogens is 244 g/mol. The standard InChI is InChI=1S/C18H18N2/c1-2-6-13(7-3-1)18(14-10-19-11-14)16-12-20-17-9-5-4-8-15(16)17/h1-9,12,14,18-20H,10-11H2. The molecule has 0 radical (unpaired) electrons. The number of benzene rings is 2. The molecule has 1 saturated heterocycles. The van der Waals surface area contributed by atoms with Crippen LogP contribution in [0.1, 0.15) is 17.0 Å². The van der Waals surface area contributed by atoms with Crippen LogP contribution < -0.4 is 5.32 Å². The quantitative estimate of drug-likeness (QED) is 0.742. The van der Waals surface area contributed by atoms with E-state index in [1.165, 1.54) is 22.0 Å². The van der Waals surface area contributed by atoms with Crippen LogP contribution in [0.15, 0.2) is 60.8 Å². The third kappa shape index (κ3) is 1.84. The molecule has 0 saturated carbocycles. The Balaban J connectivity index is 1.86. The van der Waals surface area contributed by atoms with Gasteiger partial charge in [-0.1, -0.05) is 48.5 Å². The largest absolute Gasteiger partial charge is 0.361 e. The summed E-state index contributed by atoms with van der Waals surface area (Å²) < 4.78 is 0. The molecule has 4 rings (SSSR count). The van der Waals surface area contributed by atoms with Gasteiger partial charge in [-0.15, -0.1) is 0 Å². The van der Waals surface area contributed by atoms with Crippen LogP contribution in [0.4, 0.5) is 0 Å². The second-order valence-electron chi connectivity index (χ2n) is 5.60. The molecule has 1 aromatic heterocycles. The van der Waals surface area contributed by atoms with Gasteiger partial charge in [0.25, 0.3) is 0 Å². The highest BCUT2D eigenvalue weighted by atomic mass is 15.0. The highest BCUT2D eigenvalue weighted by molar-refractivity contribution is 5.84. The minimum absolute atomic E-state index is 0.480. The molecule has 2 heterocycles. The first kappa shape index (κ1) is 11.7. The fourth-order valence-corrected chi connectivity index (χ4v) is 3.26. The summed E-state index contributed by atoms with van der Waals surface area (Å²) in [5, 5.41) is 4.77. The van der Waals surface area contributed by atoms with Crippen LogP contribution in [0, 0.1) is 5.92 Å². The lowest BCUT2D eigenvalue weighted by Crippen LogP contribution is -2.45. The maximum Gasteiger partial charge on any atom is 0.0457 e. The van der Waals surface area contributed by atoms with E-state index in [1.807, 2.05) is 0 Å². The van der Waals surface area contributed by atoms with Crippen molar-refractivity contribution in [1.29, 1.82) is 0 Å². The Morgan fingerprint density at radius 2 is 1.65 bits per heavy atom. The number of para-hydroxylation sites is 1. The van der Waals surface area contributed by atoms with Gasteiger partial charge in [-0.05, 0) is 23.1 Å². The van der Waals surface area contributed by atoms with Crippen molar-refractivity contribution in [2.75, 3.05) is 13.1 Å². The van der Waals surface area contributed by atoms with Crippen molar-refractivity contribution >= 4 is 10.9 Å². The Bertz CT molecular complexity index is 710. The third-order valence-corrected chi connectivity index (χ3v) is 4.40. The first-order valence-corrected chi connectivity index (χ1v) is 7.25. The van der Waals surface area contributed by atoms with Crippen LogP contribution in [-0.4, -0.2) is 18.1 Å². The fourth-order valence-electron chi connectivity index (χ4n) is 3.26. The Labute approximate surface area is 118 Å². The van der Waals surface area contributed by atoms with Crippen molar-refractivity contribution in [1.82, 2.24) is 10.3 Å². The summed E-state index contributed by atoms with van der Waals surface area (Å²) in [6, 6.07) is 19.5. The van der Waals surface area contributed by atoms with E-state index in [9.17, 15) is 0 Å². The van der Waals surface area contributed by atoms with Gasteiger partial charge in [-0.2, -0.15) is 0 Å². The van der Waals surface area contributed by atoms with Crippen molar-refractivity contribution < 1.29 is 0 Å². The van der Waals surface area contributed by atoms with E-state index < -0.39 is 0 Å². The lowest BCUT2D eigenvalue weighted by molar-refractivity contribution is 0.316. The number of nitrogens with one attached hydrogen (secondary N) is 2. The van der Waals surface area contributed by atoms with E-state index in [2.05, 4.69) is 71.1 Å². The molecule has 2 aromatic carbocycles. The number of aromatic amines is 1. The third-order valence-electron chi connectivity index (χ3n) is 4.40. The summed E-state index contributed by atoms with van der Waals surface area (Å²) in [6.07, 6.45) is 2.20. The van der Waals surface area contributed by atoms with Crippen LogP contribution in [0.3, 0.4) is 0 Å². The van der Waals surface area contributed by atoms with Crippen LogP contribution in [0.25, 0.3) is 10.9 Å². The maximum absolute atomic E-state index is 3.42. The number of H-pyrrole nitrogens is 1. The second-order valence-corrected chi connectivity index (χ2v) is 5.60. The molecule has 2 heteroatoms. The van der Waals surface area contributed by atoms with E-state index in [-0.39, 0.29) is 0 Å². The van der Waals surface area contributed by atoms with Gasteiger partial charge < -0.3 is 10.3 Å². The molecule has 1 fully saturated rings. The van der Waals surface area contributed by atoms with Crippen molar-refractivity contribution in [3.63, 3.8) is 0 Å². The van der Waals surface area contributed by atoms with Gasteiger partial charge in [0, 0.05) is 36.1 Å². The van der Waals surface area contributed by atoms with E-state index in [1.54, 1.807) is 0 Å². The fraction of sp³-hybridized carbons (Fsp3) is 0.222. The van der Waals surface area contributed by atoms with Crippen molar-refractivity contribution in [3.8, 4) is 0 Å². The number of hydrogen-bond acceptors (Lipinski definition) is 1. The van der Waals surface area contributed by atoms with Crippen LogP contribution >= 0.6 is 0 Å². The lowest BCUT2D eigenvalue weighted by atomic mass is 9.78. The molecule has 1 aliphatic heterocycles. The molecule has 0 spiro atoms. The van der Waals surface area contributed by atoms with Crippen LogP contribution in [0.5, 0.6) is 0 Å². The van der Waals surface area contributed by atoms with E-state index in [0.29, 0.717) is 11.8 Å². The normalized spacial score (nSPS) is 17.0. The van der Waals surface area contributed by atoms with Gasteiger partial charge in [0.15, 0.2) is 0 Å². The van der Waals surface area contributed by atoms with Gasteiger partial charge in [0.05, 0.1) is 0 Å². The van der Waals surface area contributed by atoms with Crippen LogP contribution in [0.2, 0.25) is 0 Å². The average Bonchev–Trinajstić information content (AvgIpc) is 2.87. The molecule has 0 bridgehead atoms. The van der Waals surface area contributed by atoms with E-state index in [4.69, 9.17) is 0 Å². The Hall–Kier alpha value is -2.06. The molecule has 1 atom stereocenters. The summed E-state index contributed by atoms with van der Waals surface area (Å²) in [5.74, 6) is 1.17. The first-order chi connectivity index (χ1) is 9.93. The summed E-state index contributed by atoms with van der Waals surface area (Å²) in [5.41, 5.74) is 4.08.